The molecule has 0 bridgehead atoms. The molecule has 5 heteroatoms. The van der Waals surface area contributed by atoms with Crippen LogP contribution in [-0.2, 0) is 0 Å². The molecule has 2 aliphatic heterocycles. The highest BCUT2D eigenvalue weighted by atomic mass is 16.5. The lowest BCUT2D eigenvalue weighted by Crippen LogP contribution is -2.31. The molecule has 2 saturated heterocycles. The molecule has 5 nitrogen and oxygen atoms in total. The average Bonchev–Trinajstić information content (AvgIpc) is 2.99. The number of methoxy groups -OCH3 is 1. The zero-order chi connectivity index (χ0) is 13.4. The van der Waals surface area contributed by atoms with Gasteiger partial charge in [-0.1, -0.05) is 0 Å². The van der Waals surface area contributed by atoms with Gasteiger partial charge in [0.25, 0.3) is 5.91 Å². The van der Waals surface area contributed by atoms with Gasteiger partial charge < -0.3 is 20.1 Å². The number of fused-ring (bicyclic) bond motifs is 1. The van der Waals surface area contributed by atoms with Gasteiger partial charge in [-0.25, -0.2) is 0 Å². The molecule has 1 aromatic rings. The van der Waals surface area contributed by atoms with Crippen molar-refractivity contribution in [3.05, 3.63) is 23.8 Å². The van der Waals surface area contributed by atoms with Crippen molar-refractivity contribution in [2.24, 2.45) is 11.8 Å². The van der Waals surface area contributed by atoms with Crippen molar-refractivity contribution in [3.63, 3.8) is 0 Å². The van der Waals surface area contributed by atoms with E-state index < -0.39 is 0 Å². The standard InChI is InChI=1S/C14H18N2O3/c1-19-11-2-3-13(17)12(4-11)14(18)16-7-9-5-15-6-10(9)8-16/h2-4,9-10,15,17H,5-8H2,1H3/t9-,10+. The second-order valence-corrected chi connectivity index (χ2v) is 5.27. The molecule has 0 aliphatic carbocycles. The zero-order valence-corrected chi connectivity index (χ0v) is 10.9. The lowest BCUT2D eigenvalue weighted by Gasteiger charge is -2.18. The summed E-state index contributed by atoms with van der Waals surface area (Å²) in [5.74, 6) is 1.60. The summed E-state index contributed by atoms with van der Waals surface area (Å²) in [4.78, 5) is 14.3. The molecule has 0 aromatic heterocycles. The molecule has 3 rings (SSSR count). The Balaban J connectivity index is 1.80. The van der Waals surface area contributed by atoms with Crippen molar-refractivity contribution in [1.82, 2.24) is 10.2 Å². The maximum Gasteiger partial charge on any atom is 0.257 e. The molecule has 0 radical (unpaired) electrons. The number of nitrogens with zero attached hydrogens (tertiary/aromatic N) is 1. The van der Waals surface area contributed by atoms with E-state index in [2.05, 4.69) is 5.32 Å². The number of rotatable bonds is 2. The number of ether oxygens (including phenoxy) is 1. The smallest absolute Gasteiger partial charge is 0.257 e. The fourth-order valence-electron chi connectivity index (χ4n) is 3.00. The second-order valence-electron chi connectivity index (χ2n) is 5.27. The van der Waals surface area contributed by atoms with E-state index >= 15 is 0 Å². The third-order valence-electron chi connectivity index (χ3n) is 4.11. The van der Waals surface area contributed by atoms with Gasteiger partial charge >= 0.3 is 0 Å². The molecule has 0 spiro atoms. The van der Waals surface area contributed by atoms with Gasteiger partial charge in [0.15, 0.2) is 0 Å². The zero-order valence-electron chi connectivity index (χ0n) is 10.9. The molecule has 1 aromatic carbocycles. The Morgan fingerprint density at radius 3 is 2.68 bits per heavy atom. The van der Waals surface area contributed by atoms with Crippen LogP contribution in [0.5, 0.6) is 11.5 Å². The Morgan fingerprint density at radius 1 is 1.37 bits per heavy atom. The van der Waals surface area contributed by atoms with Crippen LogP contribution in [0.4, 0.5) is 0 Å². The van der Waals surface area contributed by atoms with Crippen LogP contribution < -0.4 is 10.1 Å². The molecule has 2 heterocycles. The van der Waals surface area contributed by atoms with Gasteiger partial charge in [-0.15, -0.1) is 0 Å². The molecule has 0 unspecified atom stereocenters. The Bertz CT molecular complexity index is 491. The topological polar surface area (TPSA) is 61.8 Å². The van der Waals surface area contributed by atoms with Crippen LogP contribution in [0.15, 0.2) is 18.2 Å². The normalized spacial score (nSPS) is 25.4. The quantitative estimate of drug-likeness (QED) is 0.823. The van der Waals surface area contributed by atoms with Crippen LogP contribution in [0.3, 0.4) is 0 Å². The largest absolute Gasteiger partial charge is 0.507 e. The van der Waals surface area contributed by atoms with Gasteiger partial charge in [-0.3, -0.25) is 4.79 Å². The monoisotopic (exact) mass is 262 g/mol. The summed E-state index contributed by atoms with van der Waals surface area (Å²) in [6.45, 7) is 3.51. The van der Waals surface area contributed by atoms with Crippen LogP contribution in [0.1, 0.15) is 10.4 Å². The second kappa shape index (κ2) is 4.74. The predicted octanol–water partition coefficient (Wildman–Crippen LogP) is 0.692. The van der Waals surface area contributed by atoms with Crippen LogP contribution >= 0.6 is 0 Å². The summed E-state index contributed by atoms with van der Waals surface area (Å²) in [7, 11) is 1.55. The van der Waals surface area contributed by atoms with E-state index in [-0.39, 0.29) is 11.7 Å². The van der Waals surface area contributed by atoms with E-state index in [0.29, 0.717) is 23.1 Å². The number of carbonyl (C=O) groups excluding carboxylic acids is 1. The number of hydrogen-bond acceptors (Lipinski definition) is 4. The maximum absolute atomic E-state index is 12.5. The molecule has 0 saturated carbocycles. The van der Waals surface area contributed by atoms with Crippen LogP contribution in [-0.4, -0.2) is 49.2 Å². The first kappa shape index (κ1) is 12.3. The highest BCUT2D eigenvalue weighted by molar-refractivity contribution is 5.97. The molecular weight excluding hydrogens is 244 g/mol. The predicted molar refractivity (Wildman–Crippen MR) is 70.4 cm³/mol. The summed E-state index contributed by atoms with van der Waals surface area (Å²) in [6.07, 6.45) is 0. The number of likely N-dealkylation sites (tertiary alicyclic amines) is 1. The first-order valence-corrected chi connectivity index (χ1v) is 6.56. The summed E-state index contributed by atoms with van der Waals surface area (Å²) < 4.78 is 5.11. The van der Waals surface area contributed by atoms with Gasteiger partial charge in [0.05, 0.1) is 12.7 Å². The average molecular weight is 262 g/mol. The molecule has 102 valence electrons. The first-order valence-electron chi connectivity index (χ1n) is 6.56. The number of benzene rings is 1. The third kappa shape index (κ3) is 2.14. The highest BCUT2D eigenvalue weighted by Crippen LogP contribution is 2.30. The Kier molecular flexibility index (Phi) is 3.06. The van der Waals surface area contributed by atoms with Crippen molar-refractivity contribution in [3.8, 4) is 11.5 Å². The molecule has 2 atom stereocenters. The van der Waals surface area contributed by atoms with E-state index in [1.54, 1.807) is 19.2 Å². The van der Waals surface area contributed by atoms with Crippen molar-refractivity contribution < 1.29 is 14.6 Å². The number of phenols is 1. The van der Waals surface area contributed by atoms with Gasteiger partial charge in [0.1, 0.15) is 11.5 Å². The summed E-state index contributed by atoms with van der Waals surface area (Å²) >= 11 is 0. The number of nitrogens with one attached hydrogen (secondary N) is 1. The minimum Gasteiger partial charge on any atom is -0.507 e. The van der Waals surface area contributed by atoms with Crippen molar-refractivity contribution in [2.45, 2.75) is 0 Å². The number of amides is 1. The van der Waals surface area contributed by atoms with Gasteiger partial charge in [-0.05, 0) is 30.0 Å². The molecule has 1 amide bonds. The van der Waals surface area contributed by atoms with E-state index in [0.717, 1.165) is 26.2 Å². The number of carbonyl (C=O) groups is 1. The summed E-state index contributed by atoms with van der Waals surface area (Å²) in [5, 5.41) is 13.2. The minimum atomic E-state index is -0.106. The highest BCUT2D eigenvalue weighted by Gasteiger charge is 2.38. The molecule has 2 aliphatic rings. The summed E-state index contributed by atoms with van der Waals surface area (Å²) in [5.41, 5.74) is 0.326. The first-order chi connectivity index (χ1) is 9.19. The molecular formula is C14H18N2O3. The van der Waals surface area contributed by atoms with Crippen LogP contribution in [0.2, 0.25) is 0 Å². The number of aromatic hydroxyl groups is 1. The Morgan fingerprint density at radius 2 is 2.05 bits per heavy atom. The molecule has 2 fully saturated rings. The maximum atomic E-state index is 12.5. The molecule has 2 N–H and O–H groups in total. The number of hydrogen-bond donors (Lipinski definition) is 2. The van der Waals surface area contributed by atoms with Gasteiger partial charge in [0.2, 0.25) is 0 Å². The van der Waals surface area contributed by atoms with E-state index in [1.165, 1.54) is 6.07 Å². The van der Waals surface area contributed by atoms with Crippen LogP contribution in [0.25, 0.3) is 0 Å². The fourth-order valence-corrected chi connectivity index (χ4v) is 3.00. The van der Waals surface area contributed by atoms with E-state index in [4.69, 9.17) is 4.74 Å². The van der Waals surface area contributed by atoms with E-state index in [1.807, 2.05) is 4.90 Å². The third-order valence-corrected chi connectivity index (χ3v) is 4.11. The van der Waals surface area contributed by atoms with Crippen LogP contribution in [0, 0.1) is 11.8 Å². The SMILES string of the molecule is COc1ccc(O)c(C(=O)N2C[C@H]3CNC[C@H]3C2)c1. The van der Waals surface area contributed by atoms with Gasteiger partial charge in [-0.2, -0.15) is 0 Å². The van der Waals surface area contributed by atoms with Crippen molar-refractivity contribution in [2.75, 3.05) is 33.3 Å². The minimum absolute atomic E-state index is 0.0148. The molecule has 19 heavy (non-hydrogen) atoms. The lowest BCUT2D eigenvalue weighted by atomic mass is 10.0. The van der Waals surface area contributed by atoms with Gasteiger partial charge in [0, 0.05) is 26.2 Å². The Hall–Kier alpha value is -1.75. The number of phenolic OH excluding ortho intramolecular Hbond substituents is 1. The van der Waals surface area contributed by atoms with Crippen molar-refractivity contribution >= 4 is 5.91 Å². The summed E-state index contributed by atoms with van der Waals surface area (Å²) in [6, 6.07) is 4.75. The Labute approximate surface area is 112 Å². The lowest BCUT2D eigenvalue weighted by molar-refractivity contribution is 0.0778. The fraction of sp³-hybridized carbons (Fsp3) is 0.500. The van der Waals surface area contributed by atoms with Crippen molar-refractivity contribution in [1.29, 1.82) is 0 Å². The van der Waals surface area contributed by atoms with E-state index in [9.17, 15) is 9.90 Å².